The third kappa shape index (κ3) is 4.44. The van der Waals surface area contributed by atoms with Crippen LogP contribution in [0.2, 0.25) is 5.02 Å². The average Bonchev–Trinajstić information content (AvgIpc) is 3.07. The van der Waals surface area contributed by atoms with Crippen LogP contribution >= 0.6 is 23.4 Å². The number of carbonyl (C=O) groups is 1. The molecule has 0 bridgehead atoms. The summed E-state index contributed by atoms with van der Waals surface area (Å²) in [7, 11) is 3.46. The quantitative estimate of drug-likeness (QED) is 0.618. The predicted octanol–water partition coefficient (Wildman–Crippen LogP) is 3.75. The zero-order chi connectivity index (χ0) is 20.1. The van der Waals surface area contributed by atoms with E-state index in [-0.39, 0.29) is 11.7 Å². The van der Waals surface area contributed by atoms with Crippen molar-refractivity contribution >= 4 is 35.0 Å². The molecule has 1 aromatic heterocycles. The number of amides is 1. The molecule has 0 spiro atoms. The second-order valence-electron chi connectivity index (χ2n) is 5.74. The van der Waals surface area contributed by atoms with Gasteiger partial charge in [0.2, 0.25) is 5.91 Å². The molecule has 1 N–H and O–H groups in total. The van der Waals surface area contributed by atoms with Crippen molar-refractivity contribution < 1.29 is 9.53 Å². The minimum atomic E-state index is -0.209. The first kappa shape index (κ1) is 19.7. The summed E-state index contributed by atoms with van der Waals surface area (Å²) >= 11 is 7.25. The molecule has 0 unspecified atom stereocenters. The monoisotopic (exact) mass is 413 g/mol. The molecule has 28 heavy (non-hydrogen) atoms. The van der Waals surface area contributed by atoms with E-state index in [1.807, 2.05) is 41.9 Å². The van der Waals surface area contributed by atoms with Crippen LogP contribution in [-0.2, 0) is 11.8 Å². The highest BCUT2D eigenvalue weighted by Gasteiger charge is 2.13. The third-order valence-corrected chi connectivity index (χ3v) is 5.22. The number of benzene rings is 2. The number of halogens is 1. The summed E-state index contributed by atoms with van der Waals surface area (Å²) in [5.41, 5.74) is 1.80. The second kappa shape index (κ2) is 8.78. The van der Waals surface area contributed by atoms with Crippen LogP contribution in [0.25, 0.3) is 11.4 Å². The van der Waals surface area contributed by atoms with Gasteiger partial charge >= 0.3 is 0 Å². The molecule has 1 heterocycles. The fourth-order valence-electron chi connectivity index (χ4n) is 2.44. The van der Waals surface area contributed by atoms with Crippen LogP contribution in [0.5, 0.6) is 5.75 Å². The van der Waals surface area contributed by atoms with Gasteiger partial charge in [0, 0.05) is 18.3 Å². The first-order valence-corrected chi connectivity index (χ1v) is 9.54. The fourth-order valence-corrected chi connectivity index (χ4v) is 3.38. The molecule has 0 atom stereocenters. The normalized spacial score (nSPS) is 10.4. The highest BCUT2D eigenvalue weighted by molar-refractivity contribution is 7.99. The Bertz CT molecular complexity index is 1040. The van der Waals surface area contributed by atoms with Crippen LogP contribution in [-0.4, -0.2) is 33.5 Å². The standard InChI is InChI=1S/C19H16ClN5O2S/c1-25-18(12-4-7-15(27-2)8-5-12)23-24-19(25)28-11-17(26)22-14-6-3-13(10-21)16(20)9-14/h3-9H,11H2,1-2H3,(H,22,26). The molecule has 142 valence electrons. The molecule has 9 heteroatoms. The Hall–Kier alpha value is -3.02. The number of carbonyl (C=O) groups excluding carboxylic acids is 1. The Morgan fingerprint density at radius 2 is 2.04 bits per heavy atom. The molecular formula is C19H16ClN5O2S. The third-order valence-electron chi connectivity index (χ3n) is 3.89. The fraction of sp³-hybridized carbons (Fsp3) is 0.158. The van der Waals surface area contributed by atoms with E-state index in [0.29, 0.717) is 27.3 Å². The lowest BCUT2D eigenvalue weighted by atomic mass is 10.2. The highest BCUT2D eigenvalue weighted by atomic mass is 35.5. The van der Waals surface area contributed by atoms with Gasteiger partial charge in [-0.25, -0.2) is 0 Å². The van der Waals surface area contributed by atoms with Crippen LogP contribution < -0.4 is 10.1 Å². The van der Waals surface area contributed by atoms with Gasteiger partial charge in [0.1, 0.15) is 11.8 Å². The molecule has 2 aromatic carbocycles. The Morgan fingerprint density at radius 1 is 1.29 bits per heavy atom. The summed E-state index contributed by atoms with van der Waals surface area (Å²) in [6.45, 7) is 0. The average molecular weight is 414 g/mol. The molecule has 0 saturated heterocycles. The number of nitriles is 1. The van der Waals surface area contributed by atoms with Gasteiger partial charge in [0.05, 0.1) is 23.4 Å². The van der Waals surface area contributed by atoms with Gasteiger partial charge < -0.3 is 14.6 Å². The number of rotatable bonds is 6. The predicted molar refractivity (Wildman–Crippen MR) is 109 cm³/mol. The summed E-state index contributed by atoms with van der Waals surface area (Å²) in [6, 6.07) is 14.2. The van der Waals surface area contributed by atoms with Gasteiger partial charge in [-0.2, -0.15) is 5.26 Å². The number of hydrogen-bond donors (Lipinski definition) is 1. The van der Waals surface area contributed by atoms with Gasteiger partial charge in [0.25, 0.3) is 0 Å². The minimum absolute atomic E-state index is 0.159. The van der Waals surface area contributed by atoms with E-state index >= 15 is 0 Å². The molecular weight excluding hydrogens is 398 g/mol. The maximum atomic E-state index is 12.2. The van der Waals surface area contributed by atoms with Crippen molar-refractivity contribution in [3.8, 4) is 23.2 Å². The number of hydrogen-bond acceptors (Lipinski definition) is 6. The lowest BCUT2D eigenvalue weighted by Gasteiger charge is -2.07. The zero-order valence-electron chi connectivity index (χ0n) is 15.1. The first-order valence-electron chi connectivity index (χ1n) is 8.18. The summed E-state index contributed by atoms with van der Waals surface area (Å²) < 4.78 is 6.99. The molecule has 0 aliphatic heterocycles. The van der Waals surface area contributed by atoms with E-state index in [0.717, 1.165) is 11.3 Å². The van der Waals surface area contributed by atoms with E-state index in [1.54, 1.807) is 25.3 Å². The van der Waals surface area contributed by atoms with Gasteiger partial charge in [0.15, 0.2) is 11.0 Å². The van der Waals surface area contributed by atoms with Gasteiger partial charge in [-0.15, -0.1) is 10.2 Å². The Balaban J connectivity index is 1.63. The number of anilines is 1. The van der Waals surface area contributed by atoms with Crippen LogP contribution in [0.15, 0.2) is 47.6 Å². The largest absolute Gasteiger partial charge is 0.497 e. The lowest BCUT2D eigenvalue weighted by Crippen LogP contribution is -2.14. The molecule has 0 aliphatic carbocycles. The van der Waals surface area contributed by atoms with Crippen LogP contribution in [0, 0.1) is 11.3 Å². The summed E-state index contributed by atoms with van der Waals surface area (Å²) in [4.78, 5) is 12.2. The first-order chi connectivity index (χ1) is 13.5. The van der Waals surface area contributed by atoms with Crippen molar-refractivity contribution in [2.24, 2.45) is 7.05 Å². The summed E-state index contributed by atoms with van der Waals surface area (Å²) in [5, 5.41) is 20.9. The summed E-state index contributed by atoms with van der Waals surface area (Å²) in [6.07, 6.45) is 0. The second-order valence-corrected chi connectivity index (χ2v) is 7.09. The molecule has 7 nitrogen and oxygen atoms in total. The topological polar surface area (TPSA) is 92.8 Å². The maximum Gasteiger partial charge on any atom is 0.234 e. The van der Waals surface area contributed by atoms with Gasteiger partial charge in [-0.05, 0) is 42.5 Å². The number of methoxy groups -OCH3 is 1. The maximum absolute atomic E-state index is 12.2. The van der Waals surface area contributed by atoms with Crippen molar-refractivity contribution in [2.75, 3.05) is 18.2 Å². The van der Waals surface area contributed by atoms with Crippen LogP contribution in [0.1, 0.15) is 5.56 Å². The molecule has 0 aliphatic rings. The van der Waals surface area contributed by atoms with E-state index in [4.69, 9.17) is 21.6 Å². The van der Waals surface area contributed by atoms with Crippen molar-refractivity contribution in [2.45, 2.75) is 5.16 Å². The molecule has 1 amide bonds. The molecule has 0 fully saturated rings. The molecule has 3 aromatic rings. The Kier molecular flexibility index (Phi) is 6.19. The number of nitrogens with one attached hydrogen (secondary N) is 1. The van der Waals surface area contributed by atoms with Gasteiger partial charge in [-0.1, -0.05) is 23.4 Å². The minimum Gasteiger partial charge on any atom is -0.497 e. The van der Waals surface area contributed by atoms with Crippen molar-refractivity contribution in [1.29, 1.82) is 5.26 Å². The SMILES string of the molecule is COc1ccc(-c2nnc(SCC(=O)Nc3ccc(C#N)c(Cl)c3)n2C)cc1. The van der Waals surface area contributed by atoms with Crippen LogP contribution in [0.3, 0.4) is 0 Å². The number of thioether (sulfide) groups is 1. The Labute approximate surface area is 171 Å². The number of aromatic nitrogens is 3. The van der Waals surface area contributed by atoms with Crippen LogP contribution in [0.4, 0.5) is 5.69 Å². The highest BCUT2D eigenvalue weighted by Crippen LogP contribution is 2.25. The molecule has 3 rings (SSSR count). The van der Waals surface area contributed by atoms with E-state index < -0.39 is 0 Å². The van der Waals surface area contributed by atoms with E-state index in [1.165, 1.54) is 11.8 Å². The van der Waals surface area contributed by atoms with E-state index in [9.17, 15) is 4.79 Å². The smallest absolute Gasteiger partial charge is 0.234 e. The van der Waals surface area contributed by atoms with Crippen molar-refractivity contribution in [3.63, 3.8) is 0 Å². The molecule has 0 saturated carbocycles. The van der Waals surface area contributed by atoms with E-state index in [2.05, 4.69) is 15.5 Å². The number of nitrogens with zero attached hydrogens (tertiary/aromatic N) is 4. The lowest BCUT2D eigenvalue weighted by molar-refractivity contribution is -0.113. The molecule has 0 radical (unpaired) electrons. The van der Waals surface area contributed by atoms with Crippen molar-refractivity contribution in [1.82, 2.24) is 14.8 Å². The summed E-state index contributed by atoms with van der Waals surface area (Å²) in [5.74, 6) is 1.41. The van der Waals surface area contributed by atoms with Gasteiger partial charge in [-0.3, -0.25) is 4.79 Å². The zero-order valence-corrected chi connectivity index (χ0v) is 16.7. The number of ether oxygens (including phenoxy) is 1. The van der Waals surface area contributed by atoms with Crippen molar-refractivity contribution in [3.05, 3.63) is 53.1 Å². The Morgan fingerprint density at radius 3 is 2.68 bits per heavy atom.